The summed E-state index contributed by atoms with van der Waals surface area (Å²) in [5.41, 5.74) is 11.3. The number of hydrazine groups is 1. The Bertz CT molecular complexity index is 961. The first-order valence-corrected chi connectivity index (χ1v) is 12.4. The molecule has 1 rings (SSSR count). The Kier molecular flexibility index (Phi) is 14.3. The van der Waals surface area contributed by atoms with Crippen molar-refractivity contribution in [2.75, 3.05) is 20.1 Å². The van der Waals surface area contributed by atoms with Crippen LogP contribution in [0.15, 0.2) is 35.4 Å². The van der Waals surface area contributed by atoms with E-state index in [0.29, 0.717) is 12.8 Å². The minimum absolute atomic E-state index is 0.0499. The third-order valence-corrected chi connectivity index (χ3v) is 4.93. The van der Waals surface area contributed by atoms with E-state index in [4.69, 9.17) is 15.0 Å². The van der Waals surface area contributed by atoms with Gasteiger partial charge in [-0.05, 0) is 44.7 Å². The summed E-state index contributed by atoms with van der Waals surface area (Å²) in [6.07, 6.45) is 0.283. The van der Waals surface area contributed by atoms with Crippen molar-refractivity contribution in [1.29, 1.82) is 0 Å². The van der Waals surface area contributed by atoms with Crippen LogP contribution in [0.3, 0.4) is 0 Å². The van der Waals surface area contributed by atoms with Gasteiger partial charge in [0.25, 0.3) is 0 Å². The van der Waals surface area contributed by atoms with Crippen LogP contribution in [0.1, 0.15) is 58.9 Å². The molecule has 0 radical (unpaired) electrons. The number of amides is 3. The van der Waals surface area contributed by atoms with Crippen molar-refractivity contribution in [2.45, 2.75) is 77.7 Å². The Balaban J connectivity index is 2.68. The van der Waals surface area contributed by atoms with Crippen molar-refractivity contribution in [3.8, 4) is 0 Å². The summed E-state index contributed by atoms with van der Waals surface area (Å²) in [6, 6.07) is 7.64. The van der Waals surface area contributed by atoms with Crippen molar-refractivity contribution in [3.63, 3.8) is 0 Å². The zero-order valence-corrected chi connectivity index (χ0v) is 22.7. The number of likely N-dealkylation sites (N-methyl/N-ethyl adjacent to an activating group) is 1. The first kappa shape index (κ1) is 32.2. The first-order chi connectivity index (χ1) is 17.9. The summed E-state index contributed by atoms with van der Waals surface area (Å²) in [6.45, 7) is 6.99. The Morgan fingerprint density at radius 1 is 1.11 bits per heavy atom. The molecule has 0 aliphatic heterocycles. The number of rotatable bonds is 15. The van der Waals surface area contributed by atoms with Crippen molar-refractivity contribution < 1.29 is 28.7 Å². The van der Waals surface area contributed by atoms with Gasteiger partial charge in [-0.15, -0.1) is 0 Å². The van der Waals surface area contributed by atoms with Crippen LogP contribution in [-0.4, -0.2) is 66.7 Å². The molecule has 0 aliphatic carbocycles. The predicted octanol–water partition coefficient (Wildman–Crippen LogP) is 2.96. The van der Waals surface area contributed by atoms with E-state index in [1.165, 1.54) is 12.1 Å². The number of hydrogen-bond acceptors (Lipinski definition) is 8. The molecule has 2 atom stereocenters. The molecule has 0 heterocycles. The molecule has 0 spiro atoms. The maximum absolute atomic E-state index is 12.9. The number of nitrogens with zero attached hydrogens (tertiary/aromatic N) is 4. The van der Waals surface area contributed by atoms with Gasteiger partial charge in [0.15, 0.2) is 0 Å². The van der Waals surface area contributed by atoms with Crippen molar-refractivity contribution in [2.24, 2.45) is 5.11 Å². The van der Waals surface area contributed by atoms with Gasteiger partial charge in [-0.25, -0.2) is 9.80 Å². The monoisotopic (exact) mass is 533 g/mol. The second-order valence-electron chi connectivity index (χ2n) is 9.68. The fourth-order valence-electron chi connectivity index (χ4n) is 3.29. The second-order valence-corrected chi connectivity index (χ2v) is 9.68. The van der Waals surface area contributed by atoms with E-state index in [2.05, 4.69) is 26.1 Å². The maximum Gasteiger partial charge on any atom is 0.408 e. The van der Waals surface area contributed by atoms with Gasteiger partial charge in [0.05, 0.1) is 0 Å². The Hall–Kier alpha value is -3.83. The first-order valence-electron chi connectivity index (χ1n) is 12.4. The average Bonchev–Trinajstić information content (AvgIpc) is 2.81. The van der Waals surface area contributed by atoms with Crippen LogP contribution < -0.4 is 16.1 Å². The van der Waals surface area contributed by atoms with E-state index in [0.717, 1.165) is 5.56 Å². The summed E-state index contributed by atoms with van der Waals surface area (Å²) in [5.74, 6) is -1.49. The molecule has 0 unspecified atom stereocenters. The van der Waals surface area contributed by atoms with Crippen molar-refractivity contribution in [1.82, 2.24) is 21.1 Å². The standard InChI is InChI=1S/C25H39N7O6/c1-6-10-20(29-24(36)38-25(2,3)4)23(35)28-19(13-14-27-31-26)15-21(33)30-32(5)16-22(34)37-17-18-11-8-7-9-12-18/h7-9,11-12,19-20H,6,10,13-17H2,1-5H3,(H,28,35)(H,29,36)(H,30,33)/t19-,20-/m0/s1. The van der Waals surface area contributed by atoms with Crippen LogP contribution in [0.5, 0.6) is 0 Å². The topological polar surface area (TPSA) is 175 Å². The number of benzene rings is 1. The maximum atomic E-state index is 12.9. The number of ether oxygens (including phenoxy) is 2. The SMILES string of the molecule is CCC[C@H](NC(=O)OC(C)(C)C)C(=O)N[C@@H](CCN=[N+]=[N-])CC(=O)NN(C)CC(=O)OCc1ccccc1. The van der Waals surface area contributed by atoms with Crippen molar-refractivity contribution >= 4 is 23.9 Å². The van der Waals surface area contributed by atoms with Crippen LogP contribution in [0.4, 0.5) is 4.79 Å². The Morgan fingerprint density at radius 2 is 1.79 bits per heavy atom. The number of azide groups is 1. The number of carbonyl (C=O) groups excluding carboxylic acids is 4. The highest BCUT2D eigenvalue weighted by molar-refractivity contribution is 5.86. The molecular formula is C25H39N7O6. The molecule has 3 amide bonds. The second kappa shape index (κ2) is 16.8. The highest BCUT2D eigenvalue weighted by Gasteiger charge is 2.26. The van der Waals surface area contributed by atoms with Crippen LogP contribution >= 0.6 is 0 Å². The van der Waals surface area contributed by atoms with Crippen LogP contribution in [0.25, 0.3) is 10.4 Å². The van der Waals surface area contributed by atoms with E-state index < -0.39 is 41.6 Å². The zero-order valence-electron chi connectivity index (χ0n) is 22.7. The van der Waals surface area contributed by atoms with Gasteiger partial charge in [0.2, 0.25) is 11.8 Å². The molecule has 0 fully saturated rings. The largest absolute Gasteiger partial charge is 0.460 e. The van der Waals surface area contributed by atoms with Gasteiger partial charge in [-0.3, -0.25) is 19.8 Å². The summed E-state index contributed by atoms with van der Waals surface area (Å²) < 4.78 is 10.4. The predicted molar refractivity (Wildman–Crippen MR) is 140 cm³/mol. The van der Waals surface area contributed by atoms with Gasteiger partial charge in [0.1, 0.15) is 24.8 Å². The lowest BCUT2D eigenvalue weighted by atomic mass is 10.1. The Labute approximate surface area is 223 Å². The number of esters is 1. The number of alkyl carbamates (subject to hydrolysis) is 1. The van der Waals surface area contributed by atoms with Crippen LogP contribution in [0.2, 0.25) is 0 Å². The molecule has 38 heavy (non-hydrogen) atoms. The van der Waals surface area contributed by atoms with Gasteiger partial charge < -0.3 is 20.1 Å². The molecule has 1 aromatic rings. The molecule has 3 N–H and O–H groups in total. The fourth-order valence-corrected chi connectivity index (χ4v) is 3.29. The highest BCUT2D eigenvalue weighted by atomic mass is 16.6. The van der Waals surface area contributed by atoms with Gasteiger partial charge in [0, 0.05) is 31.0 Å². The average molecular weight is 534 g/mol. The molecule has 0 bridgehead atoms. The molecule has 210 valence electrons. The van der Waals surface area contributed by atoms with Crippen LogP contribution in [0, 0.1) is 0 Å². The minimum Gasteiger partial charge on any atom is -0.460 e. The van der Waals surface area contributed by atoms with E-state index in [1.807, 2.05) is 37.3 Å². The van der Waals surface area contributed by atoms with Crippen LogP contribution in [-0.2, 0) is 30.5 Å². The number of nitrogens with one attached hydrogen (secondary N) is 3. The minimum atomic E-state index is -0.873. The zero-order chi connectivity index (χ0) is 28.6. The number of hydrogen-bond donors (Lipinski definition) is 3. The summed E-state index contributed by atoms with van der Waals surface area (Å²) in [4.78, 5) is 52.5. The van der Waals surface area contributed by atoms with Crippen molar-refractivity contribution in [3.05, 3.63) is 46.3 Å². The smallest absolute Gasteiger partial charge is 0.408 e. The third kappa shape index (κ3) is 14.7. The van der Waals surface area contributed by atoms with E-state index in [9.17, 15) is 19.2 Å². The Morgan fingerprint density at radius 3 is 2.39 bits per heavy atom. The van der Waals surface area contributed by atoms with Gasteiger partial charge in [-0.2, -0.15) is 0 Å². The van der Waals surface area contributed by atoms with E-state index >= 15 is 0 Å². The lowest BCUT2D eigenvalue weighted by Gasteiger charge is -2.25. The highest BCUT2D eigenvalue weighted by Crippen LogP contribution is 2.09. The molecule has 0 aliphatic rings. The van der Waals surface area contributed by atoms with Gasteiger partial charge >= 0.3 is 12.1 Å². The third-order valence-electron chi connectivity index (χ3n) is 4.93. The lowest BCUT2D eigenvalue weighted by Crippen LogP contribution is -2.52. The molecule has 13 nitrogen and oxygen atoms in total. The lowest BCUT2D eigenvalue weighted by molar-refractivity contribution is -0.147. The van der Waals surface area contributed by atoms with E-state index in [1.54, 1.807) is 20.8 Å². The molecule has 1 aromatic carbocycles. The number of carbonyl (C=O) groups is 4. The van der Waals surface area contributed by atoms with E-state index in [-0.39, 0.29) is 32.5 Å². The van der Waals surface area contributed by atoms with Gasteiger partial charge in [-0.1, -0.05) is 48.8 Å². The fraction of sp³-hybridized carbons (Fsp3) is 0.600. The molecule has 0 saturated carbocycles. The summed E-state index contributed by atoms with van der Waals surface area (Å²) in [5, 5.41) is 10.1. The molecular weight excluding hydrogens is 494 g/mol. The molecule has 0 saturated heterocycles. The summed E-state index contributed by atoms with van der Waals surface area (Å²) in [7, 11) is 1.51. The molecule has 13 heteroatoms. The summed E-state index contributed by atoms with van der Waals surface area (Å²) >= 11 is 0. The quantitative estimate of drug-likeness (QED) is 0.102. The normalized spacial score (nSPS) is 12.5. The molecule has 0 aromatic heterocycles.